The molecule has 4 aromatic rings. The third-order valence-corrected chi connectivity index (χ3v) is 8.09. The van der Waals surface area contributed by atoms with E-state index >= 15 is 0 Å². The van der Waals surface area contributed by atoms with Crippen molar-refractivity contribution in [3.63, 3.8) is 0 Å². The summed E-state index contributed by atoms with van der Waals surface area (Å²) in [6.07, 6.45) is -0.0298. The number of fused-ring (bicyclic) bond motifs is 1. The fourth-order valence-electron chi connectivity index (χ4n) is 5.28. The molecule has 5 rings (SSSR count). The first-order valence-electron chi connectivity index (χ1n) is 14.3. The molecule has 0 aliphatic carbocycles. The topological polar surface area (TPSA) is 77.5 Å². The molecule has 220 valence electrons. The predicted octanol–water partition coefficient (Wildman–Crippen LogP) is 7.70. The predicted molar refractivity (Wildman–Crippen MR) is 166 cm³/mol. The molecule has 1 aliphatic heterocycles. The Morgan fingerprint density at radius 1 is 0.857 bits per heavy atom. The highest BCUT2D eigenvalue weighted by molar-refractivity contribution is 9.08. The van der Waals surface area contributed by atoms with Gasteiger partial charge in [0.1, 0.15) is 5.75 Å². The largest absolute Gasteiger partial charge is 0.525 e. The minimum absolute atomic E-state index is 0.0982. The molecule has 1 fully saturated rings. The van der Waals surface area contributed by atoms with Gasteiger partial charge in [0.25, 0.3) is 0 Å². The maximum absolute atomic E-state index is 11.2. The molecule has 1 N–H and O–H groups in total. The Balaban J connectivity index is 1.16. The van der Waals surface area contributed by atoms with E-state index in [4.69, 9.17) is 24.2 Å². The second kappa shape index (κ2) is 15.2. The van der Waals surface area contributed by atoms with Crippen LogP contribution in [0.1, 0.15) is 41.0 Å². The maximum Gasteiger partial charge on any atom is 0.525 e. The summed E-state index contributed by atoms with van der Waals surface area (Å²) in [6.45, 7) is 3.11. The van der Waals surface area contributed by atoms with Crippen molar-refractivity contribution in [3.8, 4) is 5.75 Å². The first-order valence-corrected chi connectivity index (χ1v) is 15.4. The van der Waals surface area contributed by atoms with Crippen molar-refractivity contribution in [2.24, 2.45) is 0 Å². The average Bonchev–Trinajstić information content (AvgIpc) is 3.02. The zero-order chi connectivity index (χ0) is 29.1. The Bertz CT molecular complexity index is 1430. The summed E-state index contributed by atoms with van der Waals surface area (Å²) in [5.74, 6) is 0.908. The Hall–Kier alpha value is -3.43. The van der Waals surface area contributed by atoms with E-state index in [0.717, 1.165) is 39.6 Å². The molecule has 2 atom stereocenters. The van der Waals surface area contributed by atoms with Gasteiger partial charge in [0, 0.05) is 24.2 Å². The van der Waals surface area contributed by atoms with E-state index in [9.17, 15) is 4.79 Å². The Kier molecular flexibility index (Phi) is 10.8. The summed E-state index contributed by atoms with van der Waals surface area (Å²) >= 11 is 3.52. The smallest absolute Gasteiger partial charge is 0.494 e. The van der Waals surface area contributed by atoms with Crippen molar-refractivity contribution in [1.29, 1.82) is 0 Å². The van der Waals surface area contributed by atoms with E-state index in [2.05, 4.69) is 76.6 Å². The summed E-state index contributed by atoms with van der Waals surface area (Å²) in [6, 6.07) is 31.0. The van der Waals surface area contributed by atoms with E-state index in [1.165, 1.54) is 16.0 Å². The van der Waals surface area contributed by atoms with Gasteiger partial charge >= 0.3 is 6.16 Å². The van der Waals surface area contributed by atoms with E-state index in [-0.39, 0.29) is 12.0 Å². The summed E-state index contributed by atoms with van der Waals surface area (Å²) in [7, 11) is 0. The monoisotopic (exact) mass is 633 g/mol. The Morgan fingerprint density at radius 2 is 1.60 bits per heavy atom. The van der Waals surface area contributed by atoms with Crippen molar-refractivity contribution < 1.29 is 28.9 Å². The normalized spacial score (nSPS) is 17.3. The van der Waals surface area contributed by atoms with Gasteiger partial charge in [-0.3, -0.25) is 0 Å². The lowest BCUT2D eigenvalue weighted by Crippen LogP contribution is -2.44. The average molecular weight is 635 g/mol. The van der Waals surface area contributed by atoms with Crippen LogP contribution in [0.2, 0.25) is 0 Å². The molecular weight excluding hydrogens is 598 g/mol. The number of alkyl halides is 1. The summed E-state index contributed by atoms with van der Waals surface area (Å²) < 4.78 is 18.1. The van der Waals surface area contributed by atoms with E-state index in [1.807, 2.05) is 30.3 Å². The number of carbonyl (C=O) groups is 1. The van der Waals surface area contributed by atoms with Crippen molar-refractivity contribution >= 4 is 32.9 Å². The molecule has 1 saturated heterocycles. The zero-order valence-corrected chi connectivity index (χ0v) is 25.1. The second-order valence-electron chi connectivity index (χ2n) is 10.4. The fraction of sp³-hybridized carbons (Fsp3) is 0.324. The molecule has 0 spiro atoms. The van der Waals surface area contributed by atoms with Crippen LogP contribution in [0.3, 0.4) is 0 Å². The minimum Gasteiger partial charge on any atom is -0.494 e. The highest BCUT2D eigenvalue weighted by Gasteiger charge is 2.33. The highest BCUT2D eigenvalue weighted by atomic mass is 79.9. The van der Waals surface area contributed by atoms with Gasteiger partial charge in [-0.25, -0.2) is 4.79 Å². The SMILES string of the molecule is O=C(O)ON1CCC(c2ccc(OCCCOCc3ccccc3)cc2)C(OCc2ccc3cc(CBr)ccc3c2)C1. The molecule has 7 nitrogen and oxygen atoms in total. The van der Waals surface area contributed by atoms with Crippen LogP contribution in [0, 0.1) is 0 Å². The van der Waals surface area contributed by atoms with Crippen LogP contribution < -0.4 is 4.74 Å². The molecule has 0 amide bonds. The van der Waals surface area contributed by atoms with Crippen LogP contribution in [0.25, 0.3) is 10.8 Å². The molecule has 0 aromatic heterocycles. The fourth-order valence-corrected chi connectivity index (χ4v) is 5.63. The zero-order valence-electron chi connectivity index (χ0n) is 23.5. The van der Waals surface area contributed by atoms with Crippen LogP contribution in [0.5, 0.6) is 5.75 Å². The lowest BCUT2D eigenvalue weighted by atomic mass is 9.87. The van der Waals surface area contributed by atoms with Crippen molar-refractivity contribution in [2.45, 2.75) is 43.4 Å². The number of hydrogen-bond donors (Lipinski definition) is 1. The van der Waals surface area contributed by atoms with Crippen molar-refractivity contribution in [1.82, 2.24) is 5.06 Å². The first kappa shape index (κ1) is 30.0. The van der Waals surface area contributed by atoms with Gasteiger partial charge in [-0.05, 0) is 57.6 Å². The number of piperidine rings is 1. The molecular formula is C34H36BrNO6. The maximum atomic E-state index is 11.2. The van der Waals surface area contributed by atoms with Gasteiger partial charge in [0.05, 0.1) is 39.1 Å². The number of hydroxylamine groups is 2. The summed E-state index contributed by atoms with van der Waals surface area (Å²) in [5, 5.41) is 13.8. The highest BCUT2D eigenvalue weighted by Crippen LogP contribution is 2.32. The van der Waals surface area contributed by atoms with E-state index in [0.29, 0.717) is 45.9 Å². The third-order valence-electron chi connectivity index (χ3n) is 7.44. The molecule has 0 radical (unpaired) electrons. The van der Waals surface area contributed by atoms with E-state index < -0.39 is 6.16 Å². The van der Waals surface area contributed by atoms with Gasteiger partial charge in [0.15, 0.2) is 0 Å². The molecule has 8 heteroatoms. The summed E-state index contributed by atoms with van der Waals surface area (Å²) in [5.41, 5.74) is 4.60. The van der Waals surface area contributed by atoms with Crippen LogP contribution in [-0.2, 0) is 32.9 Å². The van der Waals surface area contributed by atoms with E-state index in [1.54, 1.807) is 0 Å². The van der Waals surface area contributed by atoms with Crippen molar-refractivity contribution in [2.75, 3.05) is 26.3 Å². The Labute approximate surface area is 255 Å². The molecule has 4 aromatic carbocycles. The van der Waals surface area contributed by atoms with Crippen molar-refractivity contribution in [3.05, 3.63) is 113 Å². The number of nitrogens with zero attached hydrogens (tertiary/aromatic N) is 1. The van der Waals surface area contributed by atoms with Crippen LogP contribution >= 0.6 is 15.9 Å². The molecule has 42 heavy (non-hydrogen) atoms. The molecule has 1 aliphatic rings. The molecule has 2 unspecified atom stereocenters. The lowest BCUT2D eigenvalue weighted by Gasteiger charge is -2.37. The van der Waals surface area contributed by atoms with Crippen LogP contribution in [0.15, 0.2) is 91.0 Å². The molecule has 0 saturated carbocycles. The van der Waals surface area contributed by atoms with Crippen LogP contribution in [0.4, 0.5) is 4.79 Å². The number of carboxylic acid groups (broad SMARTS) is 1. The van der Waals surface area contributed by atoms with Gasteiger partial charge in [-0.2, -0.15) is 0 Å². The molecule has 0 bridgehead atoms. The lowest BCUT2D eigenvalue weighted by molar-refractivity contribution is -0.166. The van der Waals surface area contributed by atoms with Gasteiger partial charge in [0.2, 0.25) is 0 Å². The number of ether oxygens (including phenoxy) is 3. The van der Waals surface area contributed by atoms with Gasteiger partial charge in [-0.1, -0.05) is 88.7 Å². The molecule has 1 heterocycles. The number of halogens is 1. The van der Waals surface area contributed by atoms with Crippen LogP contribution in [-0.4, -0.2) is 48.7 Å². The first-order chi connectivity index (χ1) is 20.6. The standard InChI is InChI=1S/C34H36BrNO6/c35-21-26-7-9-30-20-27(8-10-29(30)19-26)24-41-33-22-36(42-34(37)38)16-15-32(33)28-11-13-31(14-12-28)40-18-4-17-39-23-25-5-2-1-3-6-25/h1-3,5-14,19-20,32-33H,4,15-18,21-24H2,(H,37,38). The van der Waals surface area contributed by atoms with Gasteiger partial charge < -0.3 is 24.2 Å². The van der Waals surface area contributed by atoms with Gasteiger partial charge in [-0.15, -0.1) is 5.06 Å². The second-order valence-corrected chi connectivity index (χ2v) is 11.0. The Morgan fingerprint density at radius 3 is 2.33 bits per heavy atom. The number of benzene rings is 4. The summed E-state index contributed by atoms with van der Waals surface area (Å²) in [4.78, 5) is 16.2. The number of hydrogen-bond acceptors (Lipinski definition) is 6. The number of rotatable bonds is 13. The minimum atomic E-state index is -1.31. The quantitative estimate of drug-likeness (QED) is 0.119. The third kappa shape index (κ3) is 8.55.